The highest BCUT2D eigenvalue weighted by Gasteiger charge is 2.77. The number of ketones is 4. The molecule has 1 heterocycles. The van der Waals surface area contributed by atoms with Crippen LogP contribution in [0.5, 0.6) is 0 Å². The van der Waals surface area contributed by atoms with Gasteiger partial charge in [0.25, 0.3) is 0 Å². The van der Waals surface area contributed by atoms with Crippen molar-refractivity contribution in [3.63, 3.8) is 0 Å². The topological polar surface area (TPSA) is 164 Å². The van der Waals surface area contributed by atoms with Crippen LogP contribution < -0.4 is 5.73 Å². The number of hydrogen-bond donors (Lipinski definition) is 4. The first-order valence-electron chi connectivity index (χ1n) is 6.95. The number of aliphatic hydroxyl groups excluding tert-OH is 1. The van der Waals surface area contributed by atoms with Gasteiger partial charge in [-0.2, -0.15) is 0 Å². The molecule has 5 N–H and O–H groups in total. The van der Waals surface area contributed by atoms with E-state index in [0.29, 0.717) is 0 Å². The predicted octanol–water partition coefficient (Wildman–Crippen LogP) is -2.17. The first-order chi connectivity index (χ1) is 10.7. The van der Waals surface area contributed by atoms with Crippen LogP contribution in [0.15, 0.2) is 0 Å². The Balaban J connectivity index is 3.86. The zero-order valence-electron chi connectivity index (χ0n) is 13.6. The second-order valence-electron chi connectivity index (χ2n) is 5.94. The number of nitrogens with two attached hydrogens (primary N) is 1. The van der Waals surface area contributed by atoms with Crippen molar-refractivity contribution in [2.45, 2.75) is 62.2 Å². The smallest absolute Gasteiger partial charge is 0.190 e. The van der Waals surface area contributed by atoms with Crippen LogP contribution in [0.25, 0.3) is 0 Å². The van der Waals surface area contributed by atoms with Gasteiger partial charge in [0, 0.05) is 0 Å². The molecule has 24 heavy (non-hydrogen) atoms. The van der Waals surface area contributed by atoms with Gasteiger partial charge in [-0.05, 0) is 27.7 Å². The molecule has 6 atom stereocenters. The Hall–Kier alpha value is -1.23. The number of rotatable bonds is 5. The molecule has 0 aromatic rings. The van der Waals surface area contributed by atoms with Crippen molar-refractivity contribution >= 4 is 34.7 Å². The lowest BCUT2D eigenvalue weighted by Crippen LogP contribution is -2.89. The molecule has 136 valence electrons. The molecule has 0 radical (unpaired) electrons. The molecule has 0 spiro atoms. The summed E-state index contributed by atoms with van der Waals surface area (Å²) < 4.78 is 5.07. The molecule has 1 fully saturated rings. The van der Waals surface area contributed by atoms with Crippen molar-refractivity contribution in [2.24, 2.45) is 5.73 Å². The number of aliphatic hydroxyl groups is 3. The summed E-state index contributed by atoms with van der Waals surface area (Å²) in [6.45, 7) is 3.38. The summed E-state index contributed by atoms with van der Waals surface area (Å²) in [6.07, 6.45) is -4.22. The van der Waals surface area contributed by atoms with E-state index >= 15 is 0 Å². The lowest BCUT2D eigenvalue weighted by molar-refractivity contribution is -0.278. The van der Waals surface area contributed by atoms with Crippen LogP contribution >= 0.6 is 11.6 Å². The number of ether oxygens (including phenoxy) is 1. The Kier molecular flexibility index (Phi) is 5.42. The Labute approximate surface area is 142 Å². The molecule has 1 aliphatic rings. The molecular formula is C14H20ClNO8. The maximum atomic E-state index is 12.2. The van der Waals surface area contributed by atoms with E-state index in [9.17, 15) is 34.5 Å². The van der Waals surface area contributed by atoms with Crippen LogP contribution in [0.3, 0.4) is 0 Å². The van der Waals surface area contributed by atoms with Crippen molar-refractivity contribution < 1.29 is 39.2 Å². The molecule has 0 aliphatic carbocycles. The minimum Gasteiger partial charge on any atom is -0.382 e. The van der Waals surface area contributed by atoms with E-state index in [1.165, 1.54) is 0 Å². The SMILES string of the molecule is CC(=O)C(O)[C@H]1O[C@H](Cl)[C@@](N)(C(C)=O)[C@](O)(C(C)=O)[C@@]1(O)C(C)=O. The van der Waals surface area contributed by atoms with E-state index < -0.39 is 57.6 Å². The molecule has 0 aromatic carbocycles. The van der Waals surface area contributed by atoms with Gasteiger partial charge in [0.05, 0.1) is 0 Å². The van der Waals surface area contributed by atoms with Gasteiger partial charge in [-0.15, -0.1) is 0 Å². The lowest BCUT2D eigenvalue weighted by Gasteiger charge is -2.57. The summed E-state index contributed by atoms with van der Waals surface area (Å²) in [7, 11) is 0. The van der Waals surface area contributed by atoms with Crippen molar-refractivity contribution in [3.05, 3.63) is 0 Å². The van der Waals surface area contributed by atoms with Gasteiger partial charge in [0.15, 0.2) is 45.4 Å². The summed E-state index contributed by atoms with van der Waals surface area (Å²) in [5, 5.41) is 31.8. The second-order valence-corrected chi connectivity index (χ2v) is 6.34. The Bertz CT molecular complexity index is 610. The van der Waals surface area contributed by atoms with E-state index in [0.717, 1.165) is 27.7 Å². The standard InChI is InChI=1S/C14H20ClNO8/c1-5(17)9(21)10-13(22,7(3)19)14(23,8(4)20)12(16,6(2)18)11(15)24-10/h9-11,21-23H,16H2,1-4H3/t9?,10-,11+,12+,13-,14-/m1/s1. The first kappa shape index (κ1) is 20.8. The van der Waals surface area contributed by atoms with Gasteiger partial charge in [0.1, 0.15) is 12.2 Å². The third-order valence-electron chi connectivity index (χ3n) is 4.52. The third-order valence-corrected chi connectivity index (χ3v) is 4.97. The Morgan fingerprint density at radius 1 is 1.04 bits per heavy atom. The Morgan fingerprint density at radius 2 is 1.50 bits per heavy atom. The highest BCUT2D eigenvalue weighted by Crippen LogP contribution is 2.47. The van der Waals surface area contributed by atoms with Crippen LogP contribution in [-0.4, -0.2) is 73.0 Å². The maximum absolute atomic E-state index is 12.2. The summed E-state index contributed by atoms with van der Waals surface area (Å²) >= 11 is 5.90. The summed E-state index contributed by atoms with van der Waals surface area (Å²) in [5.41, 5.74) is -5.21. The molecule has 9 nitrogen and oxygen atoms in total. The van der Waals surface area contributed by atoms with E-state index in [2.05, 4.69) is 0 Å². The van der Waals surface area contributed by atoms with E-state index in [1.54, 1.807) is 0 Å². The van der Waals surface area contributed by atoms with Gasteiger partial charge in [-0.1, -0.05) is 11.6 Å². The van der Waals surface area contributed by atoms with Gasteiger partial charge in [-0.3, -0.25) is 19.2 Å². The largest absolute Gasteiger partial charge is 0.382 e. The minimum atomic E-state index is -3.23. The van der Waals surface area contributed by atoms with Crippen LogP contribution in [0.2, 0.25) is 0 Å². The van der Waals surface area contributed by atoms with Gasteiger partial charge < -0.3 is 25.8 Å². The summed E-state index contributed by atoms with van der Waals surface area (Å²) in [6, 6.07) is 0. The molecule has 1 aliphatic heterocycles. The zero-order chi connectivity index (χ0) is 19.2. The third kappa shape index (κ3) is 2.35. The fourth-order valence-electron chi connectivity index (χ4n) is 2.97. The van der Waals surface area contributed by atoms with Crippen molar-refractivity contribution in [3.8, 4) is 0 Å². The molecule has 10 heteroatoms. The predicted molar refractivity (Wildman–Crippen MR) is 80.1 cm³/mol. The number of hydrogen-bond acceptors (Lipinski definition) is 9. The summed E-state index contributed by atoms with van der Waals surface area (Å²) in [5.74, 6) is -4.48. The van der Waals surface area contributed by atoms with E-state index in [-0.39, 0.29) is 0 Å². The second kappa shape index (κ2) is 6.25. The van der Waals surface area contributed by atoms with E-state index in [1.807, 2.05) is 0 Å². The van der Waals surface area contributed by atoms with Crippen molar-refractivity contribution in [1.29, 1.82) is 0 Å². The fraction of sp³-hybridized carbons (Fsp3) is 0.714. The zero-order valence-corrected chi connectivity index (χ0v) is 14.3. The van der Waals surface area contributed by atoms with Gasteiger partial charge in [-0.25, -0.2) is 0 Å². The number of halogens is 1. The summed E-state index contributed by atoms with van der Waals surface area (Å²) in [4.78, 5) is 47.8. The molecule has 0 bridgehead atoms. The molecular weight excluding hydrogens is 346 g/mol. The van der Waals surface area contributed by atoms with Crippen LogP contribution in [0.4, 0.5) is 0 Å². The number of carbonyl (C=O) groups excluding carboxylic acids is 4. The lowest BCUT2D eigenvalue weighted by atomic mass is 9.59. The first-order valence-corrected chi connectivity index (χ1v) is 7.39. The average Bonchev–Trinajstić information content (AvgIpc) is 2.46. The molecule has 1 unspecified atom stereocenters. The van der Waals surface area contributed by atoms with Crippen LogP contribution in [-0.2, 0) is 23.9 Å². The van der Waals surface area contributed by atoms with Gasteiger partial charge in [0.2, 0.25) is 0 Å². The monoisotopic (exact) mass is 365 g/mol. The van der Waals surface area contributed by atoms with Crippen molar-refractivity contribution in [2.75, 3.05) is 0 Å². The normalized spacial score (nSPS) is 40.7. The molecule has 0 aromatic heterocycles. The molecule has 1 rings (SSSR count). The van der Waals surface area contributed by atoms with E-state index in [4.69, 9.17) is 22.1 Å². The maximum Gasteiger partial charge on any atom is 0.190 e. The molecule has 0 saturated carbocycles. The van der Waals surface area contributed by atoms with Crippen LogP contribution in [0.1, 0.15) is 27.7 Å². The van der Waals surface area contributed by atoms with Gasteiger partial charge >= 0.3 is 0 Å². The Morgan fingerprint density at radius 3 is 1.79 bits per heavy atom. The average molecular weight is 366 g/mol. The quantitative estimate of drug-likeness (QED) is 0.396. The number of alkyl halides is 1. The van der Waals surface area contributed by atoms with Crippen molar-refractivity contribution in [1.82, 2.24) is 0 Å². The number of Topliss-reactive ketones (excluding diaryl/α,β-unsaturated/α-hetero) is 4. The fourth-order valence-corrected chi connectivity index (χ4v) is 3.39. The highest BCUT2D eigenvalue weighted by atomic mass is 35.5. The minimum absolute atomic E-state index is 0.782. The number of carbonyl (C=O) groups is 4. The molecule has 0 amide bonds. The highest BCUT2D eigenvalue weighted by molar-refractivity contribution is 6.24. The van der Waals surface area contributed by atoms with Crippen LogP contribution in [0, 0.1) is 0 Å². The molecule has 1 saturated heterocycles.